The minimum Gasteiger partial charge on any atom is -0.464 e. The molecule has 1 rings (SSSR count). The molecule has 0 aliphatic rings. The van der Waals surface area contributed by atoms with Crippen molar-refractivity contribution in [2.75, 3.05) is 6.61 Å². The summed E-state index contributed by atoms with van der Waals surface area (Å²) in [4.78, 5) is 11.2. The fraction of sp³-hybridized carbons (Fsp3) is 0.300. The Morgan fingerprint density at radius 3 is 2.75 bits per heavy atom. The van der Waals surface area contributed by atoms with Gasteiger partial charge in [-0.05, 0) is 19.1 Å². The number of ether oxygens (including phenoxy) is 1. The molecule has 1 aromatic rings. The molecule has 1 unspecified atom stereocenters. The highest BCUT2D eigenvalue weighted by Crippen LogP contribution is 2.28. The molecule has 0 fully saturated rings. The number of aliphatic hydroxyl groups excluding tert-OH is 1. The summed E-state index contributed by atoms with van der Waals surface area (Å²) >= 11 is 2.93. The van der Waals surface area contributed by atoms with Crippen LogP contribution in [0.1, 0.15) is 18.6 Å². The second-order valence-electron chi connectivity index (χ2n) is 2.91. The Morgan fingerprint density at radius 1 is 1.56 bits per heavy atom. The number of hydrogen-bond donors (Lipinski definition) is 1. The van der Waals surface area contributed by atoms with E-state index in [2.05, 4.69) is 20.7 Å². The van der Waals surface area contributed by atoms with E-state index in [9.17, 15) is 18.7 Å². The van der Waals surface area contributed by atoms with Crippen LogP contribution in [-0.4, -0.2) is 17.7 Å². The molecule has 16 heavy (non-hydrogen) atoms. The van der Waals surface area contributed by atoms with E-state index in [1.54, 1.807) is 6.92 Å². The molecule has 88 valence electrons. The molecule has 0 spiro atoms. The summed E-state index contributed by atoms with van der Waals surface area (Å²) in [6.45, 7) is 1.59. The highest BCUT2D eigenvalue weighted by Gasteiger charge is 2.26. The Morgan fingerprint density at radius 2 is 2.19 bits per heavy atom. The third-order valence-corrected chi connectivity index (χ3v) is 2.55. The quantitative estimate of drug-likeness (QED) is 0.687. The summed E-state index contributed by atoms with van der Waals surface area (Å²) in [7, 11) is 0. The van der Waals surface area contributed by atoms with E-state index in [0.29, 0.717) is 0 Å². The first kappa shape index (κ1) is 13.1. The molecule has 0 aromatic heterocycles. The second kappa shape index (κ2) is 5.36. The van der Waals surface area contributed by atoms with Crippen molar-refractivity contribution in [2.45, 2.75) is 13.0 Å². The summed E-state index contributed by atoms with van der Waals surface area (Å²) in [5.74, 6) is -3.43. The van der Waals surface area contributed by atoms with Gasteiger partial charge in [-0.3, -0.25) is 0 Å². The summed E-state index contributed by atoms with van der Waals surface area (Å²) in [6, 6.07) is 2.09. The van der Waals surface area contributed by atoms with Crippen molar-refractivity contribution < 1.29 is 23.4 Å². The molecule has 1 atom stereocenters. The van der Waals surface area contributed by atoms with Crippen LogP contribution in [0.25, 0.3) is 0 Å². The first-order chi connectivity index (χ1) is 7.49. The maximum absolute atomic E-state index is 13.3. The topological polar surface area (TPSA) is 46.5 Å². The molecule has 0 amide bonds. The molecule has 0 saturated heterocycles. The van der Waals surface area contributed by atoms with Crippen molar-refractivity contribution >= 4 is 21.9 Å². The van der Waals surface area contributed by atoms with Gasteiger partial charge in [-0.2, -0.15) is 0 Å². The van der Waals surface area contributed by atoms with Crippen LogP contribution in [0.5, 0.6) is 0 Å². The van der Waals surface area contributed by atoms with Crippen molar-refractivity contribution in [1.82, 2.24) is 0 Å². The lowest BCUT2D eigenvalue weighted by atomic mass is 10.1. The lowest BCUT2D eigenvalue weighted by molar-refractivity contribution is -0.153. The maximum atomic E-state index is 13.3. The third-order valence-electron chi connectivity index (χ3n) is 1.86. The van der Waals surface area contributed by atoms with Gasteiger partial charge >= 0.3 is 5.97 Å². The Hall–Kier alpha value is -1.01. The van der Waals surface area contributed by atoms with Crippen LogP contribution in [0.3, 0.4) is 0 Å². The van der Waals surface area contributed by atoms with Gasteiger partial charge in [-0.25, -0.2) is 13.6 Å². The molecular weight excluding hydrogens is 286 g/mol. The number of halogens is 3. The number of carbonyl (C=O) groups is 1. The zero-order valence-corrected chi connectivity index (χ0v) is 9.92. The van der Waals surface area contributed by atoms with Gasteiger partial charge in [0.2, 0.25) is 0 Å². The van der Waals surface area contributed by atoms with Crippen LogP contribution in [0.2, 0.25) is 0 Å². The predicted octanol–water partition coefficient (Wildman–Crippen LogP) is 2.32. The van der Waals surface area contributed by atoms with Crippen molar-refractivity contribution in [1.29, 1.82) is 0 Å². The van der Waals surface area contributed by atoms with Crippen LogP contribution in [0, 0.1) is 11.6 Å². The third kappa shape index (κ3) is 2.56. The number of esters is 1. The monoisotopic (exact) mass is 294 g/mol. The average molecular weight is 295 g/mol. The van der Waals surface area contributed by atoms with Crippen molar-refractivity contribution in [3.63, 3.8) is 0 Å². The van der Waals surface area contributed by atoms with Gasteiger partial charge in [0.05, 0.1) is 6.61 Å². The van der Waals surface area contributed by atoms with E-state index in [-0.39, 0.29) is 11.1 Å². The molecule has 0 saturated carbocycles. The second-order valence-corrected chi connectivity index (χ2v) is 3.77. The number of benzene rings is 1. The molecule has 6 heteroatoms. The van der Waals surface area contributed by atoms with Gasteiger partial charge in [0.25, 0.3) is 0 Å². The lowest BCUT2D eigenvalue weighted by Gasteiger charge is -2.12. The fourth-order valence-electron chi connectivity index (χ4n) is 1.13. The molecule has 0 aliphatic heterocycles. The molecular formula is C10H9BrF2O3. The first-order valence-electron chi connectivity index (χ1n) is 4.47. The van der Waals surface area contributed by atoms with Crippen LogP contribution in [0.4, 0.5) is 8.78 Å². The lowest BCUT2D eigenvalue weighted by Crippen LogP contribution is -2.17. The van der Waals surface area contributed by atoms with E-state index in [4.69, 9.17) is 0 Å². The smallest absolute Gasteiger partial charge is 0.339 e. The van der Waals surface area contributed by atoms with Gasteiger partial charge in [0, 0.05) is 10.0 Å². The minimum atomic E-state index is -1.84. The van der Waals surface area contributed by atoms with Crippen LogP contribution in [0.15, 0.2) is 16.6 Å². The van der Waals surface area contributed by atoms with Gasteiger partial charge in [-0.1, -0.05) is 15.9 Å². The zero-order valence-electron chi connectivity index (χ0n) is 8.34. The summed E-state index contributed by atoms with van der Waals surface area (Å²) in [5, 5.41) is 9.50. The molecule has 0 bridgehead atoms. The number of hydrogen-bond acceptors (Lipinski definition) is 3. The molecule has 3 nitrogen and oxygen atoms in total. The molecule has 0 radical (unpaired) electrons. The molecule has 1 aromatic carbocycles. The molecule has 0 heterocycles. The van der Waals surface area contributed by atoms with E-state index in [1.807, 2.05) is 0 Å². The van der Waals surface area contributed by atoms with Crippen LogP contribution in [-0.2, 0) is 9.53 Å². The van der Waals surface area contributed by atoms with Gasteiger partial charge < -0.3 is 9.84 Å². The van der Waals surface area contributed by atoms with Gasteiger partial charge in [-0.15, -0.1) is 0 Å². The number of aliphatic hydroxyl groups is 1. The Balaban J connectivity index is 3.12. The Labute approximate surface area is 99.2 Å². The highest BCUT2D eigenvalue weighted by atomic mass is 79.9. The Kier molecular flexibility index (Phi) is 4.37. The van der Waals surface area contributed by atoms with E-state index >= 15 is 0 Å². The molecule has 1 N–H and O–H groups in total. The SMILES string of the molecule is CCOC(=O)C(O)c1c(Br)ccc(F)c1F. The number of rotatable bonds is 3. The van der Waals surface area contributed by atoms with E-state index < -0.39 is 29.3 Å². The largest absolute Gasteiger partial charge is 0.464 e. The normalized spacial score (nSPS) is 12.3. The Bertz CT molecular complexity index is 409. The summed E-state index contributed by atoms with van der Waals surface area (Å²) < 4.78 is 30.9. The maximum Gasteiger partial charge on any atom is 0.339 e. The highest BCUT2D eigenvalue weighted by molar-refractivity contribution is 9.10. The average Bonchev–Trinajstić information content (AvgIpc) is 2.24. The van der Waals surface area contributed by atoms with Crippen LogP contribution >= 0.6 is 15.9 Å². The van der Waals surface area contributed by atoms with E-state index in [0.717, 1.165) is 6.07 Å². The van der Waals surface area contributed by atoms with Crippen LogP contribution < -0.4 is 0 Å². The fourth-order valence-corrected chi connectivity index (χ4v) is 1.66. The summed E-state index contributed by atoms with van der Waals surface area (Å²) in [6.07, 6.45) is -1.84. The number of carbonyl (C=O) groups excluding carboxylic acids is 1. The standard InChI is InChI=1S/C10H9BrF2O3/c1-2-16-10(15)9(14)7-5(11)3-4-6(12)8(7)13/h3-4,9,14H,2H2,1H3. The van der Waals surface area contributed by atoms with Gasteiger partial charge in [0.1, 0.15) is 0 Å². The van der Waals surface area contributed by atoms with Gasteiger partial charge in [0.15, 0.2) is 17.7 Å². The van der Waals surface area contributed by atoms with Crippen molar-refractivity contribution in [3.8, 4) is 0 Å². The first-order valence-corrected chi connectivity index (χ1v) is 5.26. The van der Waals surface area contributed by atoms with Crippen molar-refractivity contribution in [3.05, 3.63) is 33.8 Å². The molecule has 0 aliphatic carbocycles. The van der Waals surface area contributed by atoms with Crippen molar-refractivity contribution in [2.24, 2.45) is 0 Å². The predicted molar refractivity (Wildman–Crippen MR) is 55.7 cm³/mol. The minimum absolute atomic E-state index is 0.0461. The summed E-state index contributed by atoms with van der Waals surface area (Å²) in [5.41, 5.74) is -0.460. The zero-order chi connectivity index (χ0) is 12.3. The van der Waals surface area contributed by atoms with E-state index in [1.165, 1.54) is 6.07 Å².